The topological polar surface area (TPSA) is 107 Å². The first kappa shape index (κ1) is 34.9. The average molecular weight is 632 g/mol. The summed E-state index contributed by atoms with van der Waals surface area (Å²) in [6.07, 6.45) is -10.3. The molecule has 0 heterocycles. The molecule has 0 aromatic heterocycles. The summed E-state index contributed by atoms with van der Waals surface area (Å²) in [6.45, 7) is 0. The molecular formula is C26H26B5F5O7S. The van der Waals surface area contributed by atoms with Gasteiger partial charge < -0.3 is 9.47 Å². The van der Waals surface area contributed by atoms with Gasteiger partial charge in [-0.1, -0.05) is 48.3 Å². The summed E-state index contributed by atoms with van der Waals surface area (Å²) < 4.78 is 111. The lowest BCUT2D eigenvalue weighted by atomic mass is 9.48. The maximum Gasteiger partial charge on any atom is 0.432 e. The molecule has 7 nitrogen and oxygen atoms in total. The molecule has 18 heteroatoms. The molecule has 0 aliphatic heterocycles. The highest BCUT2D eigenvalue weighted by Gasteiger charge is 2.69. The van der Waals surface area contributed by atoms with Gasteiger partial charge in [0.05, 0.1) is 50.2 Å². The SMILES string of the molecule is [B]Cc1c(C[B])c(C[B])c(C(=O)OC23CC4CC(C2)CC(C(=O)OC(C(F)(F)F)C(F)(F)S(=O)(=O)O)(C4)C3)c(C[B])c1C[B]. The zero-order valence-electron chi connectivity index (χ0n) is 23.6. The van der Waals surface area contributed by atoms with E-state index in [0.29, 0.717) is 34.2 Å². The Labute approximate surface area is 258 Å². The van der Waals surface area contributed by atoms with Gasteiger partial charge in [0, 0.05) is 6.42 Å². The number of benzene rings is 1. The van der Waals surface area contributed by atoms with E-state index < -0.39 is 50.6 Å². The van der Waals surface area contributed by atoms with Gasteiger partial charge >= 0.3 is 33.5 Å². The molecule has 4 fully saturated rings. The standard InChI is InChI=1S/C26H26B5F5O7S/c27-6-14-15(7-28)17(9-30)19(18(10-31)16(14)8-29)20(37)43-24-4-12-1-13(5-24)3-23(2-12,11-24)22(38)42-21(25(32,33)34)26(35,36)44(39,40)41/h12-13,21H,1-11H2,(H,39,40,41). The van der Waals surface area contributed by atoms with E-state index in [1.54, 1.807) is 0 Å². The first-order valence-corrected chi connectivity index (χ1v) is 15.3. The van der Waals surface area contributed by atoms with E-state index in [0.717, 1.165) is 0 Å². The zero-order valence-corrected chi connectivity index (χ0v) is 24.4. The van der Waals surface area contributed by atoms with Crippen molar-refractivity contribution in [2.75, 3.05) is 0 Å². The Hall–Kier alpha value is -1.96. The van der Waals surface area contributed by atoms with Crippen LogP contribution in [0.15, 0.2) is 0 Å². The van der Waals surface area contributed by atoms with Crippen LogP contribution in [0.5, 0.6) is 0 Å². The van der Waals surface area contributed by atoms with Crippen LogP contribution in [0, 0.1) is 17.3 Å². The number of esters is 2. The molecule has 3 atom stereocenters. The molecular weight excluding hydrogens is 605 g/mol. The molecule has 0 saturated heterocycles. The summed E-state index contributed by atoms with van der Waals surface area (Å²) in [4.78, 5) is 27.3. The fourth-order valence-electron chi connectivity index (χ4n) is 7.94. The van der Waals surface area contributed by atoms with Gasteiger partial charge in [-0.2, -0.15) is 30.4 Å². The molecule has 1 aromatic rings. The Morgan fingerprint density at radius 1 is 0.818 bits per heavy atom. The van der Waals surface area contributed by atoms with Crippen LogP contribution in [0.25, 0.3) is 0 Å². The molecule has 44 heavy (non-hydrogen) atoms. The van der Waals surface area contributed by atoms with Crippen LogP contribution < -0.4 is 0 Å². The van der Waals surface area contributed by atoms with E-state index in [1.165, 1.54) is 0 Å². The summed E-state index contributed by atoms with van der Waals surface area (Å²) in [5, 5.41) is -5.87. The minimum Gasteiger partial charge on any atom is -0.455 e. The summed E-state index contributed by atoms with van der Waals surface area (Å²) in [5.41, 5.74) is -0.938. The summed E-state index contributed by atoms with van der Waals surface area (Å²) in [6, 6.07) is 0. The fourth-order valence-corrected chi connectivity index (χ4v) is 8.40. The van der Waals surface area contributed by atoms with E-state index in [-0.39, 0.29) is 81.1 Å². The second kappa shape index (κ2) is 12.0. The van der Waals surface area contributed by atoms with Crippen LogP contribution in [-0.4, -0.2) is 87.3 Å². The molecule has 4 bridgehead atoms. The van der Waals surface area contributed by atoms with Gasteiger partial charge in [0.15, 0.2) is 0 Å². The Balaban J connectivity index is 1.73. The van der Waals surface area contributed by atoms with Gasteiger partial charge in [0.25, 0.3) is 6.10 Å². The summed E-state index contributed by atoms with van der Waals surface area (Å²) >= 11 is 0. The molecule has 0 spiro atoms. The molecule has 4 aliphatic carbocycles. The van der Waals surface area contributed by atoms with Gasteiger partial charge in [-0.05, 0) is 55.1 Å². The van der Waals surface area contributed by atoms with Crippen LogP contribution >= 0.6 is 0 Å². The highest BCUT2D eigenvalue weighted by atomic mass is 32.2. The second-order valence-corrected chi connectivity index (χ2v) is 13.5. The first-order chi connectivity index (χ1) is 20.3. The maximum atomic E-state index is 14.2. The average Bonchev–Trinajstić information content (AvgIpc) is 2.91. The first-order valence-electron chi connectivity index (χ1n) is 13.9. The van der Waals surface area contributed by atoms with Crippen molar-refractivity contribution in [1.29, 1.82) is 0 Å². The van der Waals surface area contributed by atoms with Crippen LogP contribution in [0.3, 0.4) is 0 Å². The van der Waals surface area contributed by atoms with Crippen molar-refractivity contribution >= 4 is 61.3 Å². The number of hydrogen-bond acceptors (Lipinski definition) is 6. The zero-order chi connectivity index (χ0) is 33.0. The summed E-state index contributed by atoms with van der Waals surface area (Å²) in [7, 11) is 23.3. The second-order valence-electron chi connectivity index (χ2n) is 12.0. The third-order valence-electron chi connectivity index (χ3n) is 9.21. The van der Waals surface area contributed by atoms with Crippen LogP contribution in [0.2, 0.25) is 0 Å². The third kappa shape index (κ3) is 5.86. The number of ether oxygens (including phenoxy) is 2. The van der Waals surface area contributed by atoms with Crippen molar-refractivity contribution in [2.24, 2.45) is 17.3 Å². The Morgan fingerprint density at radius 2 is 1.25 bits per heavy atom. The van der Waals surface area contributed by atoms with Crippen LogP contribution in [0.1, 0.15) is 76.7 Å². The van der Waals surface area contributed by atoms with Crippen molar-refractivity contribution < 1.29 is 54.0 Å². The number of hydrogen-bond donors (Lipinski definition) is 1. The fraction of sp³-hybridized carbons (Fsp3) is 0.692. The van der Waals surface area contributed by atoms with Crippen molar-refractivity contribution in [1.82, 2.24) is 0 Å². The van der Waals surface area contributed by atoms with Crippen molar-refractivity contribution in [3.8, 4) is 0 Å². The number of carbonyl (C=O) groups excluding carboxylic acids is 2. The lowest BCUT2D eigenvalue weighted by molar-refractivity contribution is -0.269. The largest absolute Gasteiger partial charge is 0.455 e. The monoisotopic (exact) mass is 632 g/mol. The van der Waals surface area contributed by atoms with Crippen LogP contribution in [-0.2, 0) is 56.0 Å². The van der Waals surface area contributed by atoms with Crippen molar-refractivity contribution in [3.63, 3.8) is 0 Å². The van der Waals surface area contributed by atoms with E-state index in [2.05, 4.69) is 4.74 Å². The minimum absolute atomic E-state index is 0.0189. The van der Waals surface area contributed by atoms with Crippen LogP contribution in [0.4, 0.5) is 22.0 Å². The molecule has 10 radical (unpaired) electrons. The molecule has 228 valence electrons. The van der Waals surface area contributed by atoms with Crippen molar-refractivity contribution in [3.05, 3.63) is 33.4 Å². The Bertz CT molecular complexity index is 1390. The molecule has 4 saturated carbocycles. The number of alkyl halides is 5. The Kier molecular flexibility index (Phi) is 9.52. The van der Waals surface area contributed by atoms with Gasteiger partial charge in [0.1, 0.15) is 5.60 Å². The number of carbonyl (C=O) groups is 2. The molecule has 5 rings (SSSR count). The van der Waals surface area contributed by atoms with Gasteiger partial charge in [0.2, 0.25) is 0 Å². The predicted molar refractivity (Wildman–Crippen MR) is 151 cm³/mol. The summed E-state index contributed by atoms with van der Waals surface area (Å²) in [5.74, 6) is -3.28. The molecule has 3 unspecified atom stereocenters. The lowest BCUT2D eigenvalue weighted by Crippen LogP contribution is -2.61. The van der Waals surface area contributed by atoms with E-state index in [1.807, 2.05) is 0 Å². The quantitative estimate of drug-likeness (QED) is 0.173. The highest BCUT2D eigenvalue weighted by Crippen LogP contribution is 2.63. The number of rotatable bonds is 11. The normalized spacial score (nSPS) is 27.2. The van der Waals surface area contributed by atoms with Gasteiger partial charge in [-0.15, -0.1) is 0 Å². The van der Waals surface area contributed by atoms with Gasteiger partial charge in [-0.25, -0.2) is 4.79 Å². The molecule has 0 amide bonds. The van der Waals surface area contributed by atoms with E-state index in [4.69, 9.17) is 48.5 Å². The molecule has 1 aromatic carbocycles. The lowest BCUT2D eigenvalue weighted by Gasteiger charge is -2.59. The van der Waals surface area contributed by atoms with Crippen molar-refractivity contribution in [2.45, 2.75) is 93.3 Å². The van der Waals surface area contributed by atoms with E-state index in [9.17, 15) is 40.0 Å². The highest BCUT2D eigenvalue weighted by molar-refractivity contribution is 7.86. The Morgan fingerprint density at radius 3 is 1.64 bits per heavy atom. The molecule has 1 N–H and O–H groups in total. The number of halogens is 5. The predicted octanol–water partition coefficient (Wildman–Crippen LogP) is 2.48. The van der Waals surface area contributed by atoms with E-state index >= 15 is 0 Å². The smallest absolute Gasteiger partial charge is 0.432 e. The molecule has 4 aliphatic rings. The minimum atomic E-state index is -6.62. The third-order valence-corrected chi connectivity index (χ3v) is 10.1. The maximum absolute atomic E-state index is 14.2. The van der Waals surface area contributed by atoms with Gasteiger partial charge in [-0.3, -0.25) is 9.35 Å².